The van der Waals surface area contributed by atoms with E-state index in [-0.39, 0.29) is 0 Å². The zero-order valence-electron chi connectivity index (χ0n) is 10.7. The molecule has 0 fully saturated rings. The minimum Gasteiger partial charge on any atom is -0.496 e. The van der Waals surface area contributed by atoms with Crippen LogP contribution in [0.4, 0.5) is 0 Å². The fraction of sp³-hybridized carbons (Fsp3) is 0.0625. The van der Waals surface area contributed by atoms with E-state index < -0.39 is 0 Å². The fourth-order valence-electron chi connectivity index (χ4n) is 1.79. The van der Waals surface area contributed by atoms with Gasteiger partial charge in [-0.1, -0.05) is 41.9 Å². The normalized spacial score (nSPS) is 11.5. The van der Waals surface area contributed by atoms with Crippen molar-refractivity contribution in [3.05, 3.63) is 64.1 Å². The molecule has 0 heterocycles. The summed E-state index contributed by atoms with van der Waals surface area (Å²) < 4.78 is 5.97. The van der Waals surface area contributed by atoms with Crippen LogP contribution in [0.1, 0.15) is 11.1 Å². The van der Waals surface area contributed by atoms with Gasteiger partial charge in [-0.3, -0.25) is 0 Å². The molecule has 0 amide bonds. The Morgan fingerprint density at radius 3 is 2.40 bits per heavy atom. The van der Waals surface area contributed by atoms with E-state index in [1.807, 2.05) is 48.5 Å². The summed E-state index contributed by atoms with van der Waals surface area (Å²) in [4.78, 5) is 0. The Kier molecular flexibility index (Phi) is 4.84. The first-order chi connectivity index (χ1) is 9.67. The van der Waals surface area contributed by atoms with Gasteiger partial charge in [-0.2, -0.15) is 5.26 Å². The third-order valence-electron chi connectivity index (χ3n) is 2.80. The van der Waals surface area contributed by atoms with E-state index in [1.54, 1.807) is 7.11 Å². The maximum Gasteiger partial charge on any atom is 0.133 e. The molecule has 100 valence electrons. The van der Waals surface area contributed by atoms with Crippen molar-refractivity contribution < 1.29 is 4.74 Å². The lowest BCUT2D eigenvalue weighted by atomic mass is 10.0. The molecule has 0 aromatic heterocycles. The van der Waals surface area contributed by atoms with Crippen LogP contribution in [0, 0.1) is 11.3 Å². The summed E-state index contributed by atoms with van der Waals surface area (Å²) >= 11 is 9.78. The molecule has 0 aliphatic heterocycles. The molecule has 2 nitrogen and oxygen atoms in total. The van der Waals surface area contributed by atoms with E-state index in [0.717, 1.165) is 21.3 Å². The van der Waals surface area contributed by atoms with Gasteiger partial charge in [0.15, 0.2) is 0 Å². The lowest BCUT2D eigenvalue weighted by molar-refractivity contribution is 0.412. The highest BCUT2D eigenvalue weighted by Crippen LogP contribution is 2.33. The maximum absolute atomic E-state index is 9.35. The quantitative estimate of drug-likeness (QED) is 0.572. The van der Waals surface area contributed by atoms with Gasteiger partial charge >= 0.3 is 0 Å². The molecule has 20 heavy (non-hydrogen) atoms. The van der Waals surface area contributed by atoms with E-state index in [2.05, 4.69) is 22.0 Å². The molecule has 0 saturated heterocycles. The van der Waals surface area contributed by atoms with E-state index >= 15 is 0 Å². The van der Waals surface area contributed by atoms with Crippen LogP contribution in [-0.4, -0.2) is 7.11 Å². The smallest absolute Gasteiger partial charge is 0.133 e. The van der Waals surface area contributed by atoms with E-state index in [9.17, 15) is 5.26 Å². The Balaban J connectivity index is 2.52. The van der Waals surface area contributed by atoms with Crippen molar-refractivity contribution in [1.82, 2.24) is 0 Å². The SMILES string of the molecule is COc1ccc(C(Cl)=C(C#N)c2ccccc2)cc1Br. The monoisotopic (exact) mass is 347 g/mol. The number of benzene rings is 2. The highest BCUT2D eigenvalue weighted by Gasteiger charge is 2.11. The first-order valence-electron chi connectivity index (χ1n) is 5.86. The van der Waals surface area contributed by atoms with Crippen LogP contribution >= 0.6 is 27.5 Å². The summed E-state index contributed by atoms with van der Waals surface area (Å²) in [5.74, 6) is 0.719. The summed E-state index contributed by atoms with van der Waals surface area (Å²) in [5.41, 5.74) is 2.01. The van der Waals surface area contributed by atoms with Crippen LogP contribution in [0.3, 0.4) is 0 Å². The lowest BCUT2D eigenvalue weighted by Gasteiger charge is -2.07. The van der Waals surface area contributed by atoms with Crippen molar-refractivity contribution in [2.75, 3.05) is 7.11 Å². The highest BCUT2D eigenvalue weighted by molar-refractivity contribution is 9.10. The number of halogens is 2. The van der Waals surface area contributed by atoms with Gasteiger partial charge in [0.2, 0.25) is 0 Å². The van der Waals surface area contributed by atoms with Gasteiger partial charge in [0.05, 0.1) is 22.2 Å². The summed E-state index contributed by atoms with van der Waals surface area (Å²) in [5, 5.41) is 9.77. The summed E-state index contributed by atoms with van der Waals surface area (Å²) in [6, 6.07) is 17.0. The number of hydrogen-bond donors (Lipinski definition) is 0. The molecule has 4 heteroatoms. The van der Waals surface area contributed by atoms with Crippen molar-refractivity contribution in [2.45, 2.75) is 0 Å². The third-order valence-corrected chi connectivity index (χ3v) is 3.83. The predicted molar refractivity (Wildman–Crippen MR) is 85.4 cm³/mol. The van der Waals surface area contributed by atoms with Crippen LogP contribution in [0.5, 0.6) is 5.75 Å². The van der Waals surface area contributed by atoms with Crippen molar-refractivity contribution in [1.29, 1.82) is 5.26 Å². The maximum atomic E-state index is 9.35. The van der Waals surface area contributed by atoms with Gasteiger partial charge in [-0.15, -0.1) is 0 Å². The molecular weight excluding hydrogens is 338 g/mol. The molecule has 0 spiro atoms. The van der Waals surface area contributed by atoms with Gasteiger partial charge in [-0.05, 0) is 45.3 Å². The summed E-state index contributed by atoms with van der Waals surface area (Å²) in [6.45, 7) is 0. The zero-order valence-corrected chi connectivity index (χ0v) is 13.1. The molecule has 2 rings (SSSR count). The third kappa shape index (κ3) is 3.04. The summed E-state index contributed by atoms with van der Waals surface area (Å²) in [6.07, 6.45) is 0. The predicted octanol–water partition coefficient (Wildman–Crippen LogP) is 5.09. The molecular formula is C16H11BrClNO. The second-order valence-electron chi connectivity index (χ2n) is 4.02. The van der Waals surface area contributed by atoms with Crippen molar-refractivity contribution in [3.63, 3.8) is 0 Å². The first kappa shape index (κ1) is 14.6. The number of allylic oxidation sites excluding steroid dienone is 1. The van der Waals surface area contributed by atoms with Crippen LogP contribution in [0.2, 0.25) is 0 Å². The molecule has 0 saturated carbocycles. The number of rotatable bonds is 3. The lowest BCUT2D eigenvalue weighted by Crippen LogP contribution is -1.88. The number of ether oxygens (including phenoxy) is 1. The second-order valence-corrected chi connectivity index (χ2v) is 5.25. The van der Waals surface area contributed by atoms with E-state index in [0.29, 0.717) is 10.6 Å². The van der Waals surface area contributed by atoms with Crippen molar-refractivity contribution in [2.24, 2.45) is 0 Å². The largest absolute Gasteiger partial charge is 0.496 e. The van der Waals surface area contributed by atoms with Gasteiger partial charge in [0.25, 0.3) is 0 Å². The summed E-state index contributed by atoms with van der Waals surface area (Å²) in [7, 11) is 1.60. The van der Waals surface area contributed by atoms with Crippen LogP contribution < -0.4 is 4.74 Å². The molecule has 0 aliphatic rings. The van der Waals surface area contributed by atoms with Gasteiger partial charge in [0, 0.05) is 0 Å². The molecule has 2 aromatic rings. The number of methoxy groups -OCH3 is 1. The Bertz CT molecular complexity index is 689. The molecule has 0 bridgehead atoms. The van der Waals surface area contributed by atoms with Crippen LogP contribution in [0.15, 0.2) is 53.0 Å². The fourth-order valence-corrected chi connectivity index (χ4v) is 2.60. The average molecular weight is 349 g/mol. The Morgan fingerprint density at radius 1 is 1.15 bits per heavy atom. The molecule has 0 unspecified atom stereocenters. The van der Waals surface area contributed by atoms with Gasteiger partial charge in [0.1, 0.15) is 11.8 Å². The topological polar surface area (TPSA) is 33.0 Å². The van der Waals surface area contributed by atoms with Crippen molar-refractivity contribution >= 4 is 38.1 Å². The first-order valence-corrected chi connectivity index (χ1v) is 7.03. The van der Waals surface area contributed by atoms with Crippen molar-refractivity contribution in [3.8, 4) is 11.8 Å². The molecule has 2 aromatic carbocycles. The Morgan fingerprint density at radius 2 is 1.85 bits per heavy atom. The highest BCUT2D eigenvalue weighted by atomic mass is 79.9. The second kappa shape index (κ2) is 6.60. The molecule has 0 atom stereocenters. The minimum atomic E-state index is 0.419. The number of nitrogens with zero attached hydrogens (tertiary/aromatic N) is 1. The van der Waals surface area contributed by atoms with E-state index in [1.165, 1.54) is 0 Å². The molecule has 0 aliphatic carbocycles. The minimum absolute atomic E-state index is 0.419. The zero-order chi connectivity index (χ0) is 14.5. The average Bonchev–Trinajstić information content (AvgIpc) is 2.49. The Hall–Kier alpha value is -1.76. The number of hydrogen-bond acceptors (Lipinski definition) is 2. The van der Waals surface area contributed by atoms with Gasteiger partial charge in [-0.25, -0.2) is 0 Å². The number of nitriles is 1. The van der Waals surface area contributed by atoms with Crippen LogP contribution in [0.25, 0.3) is 10.6 Å². The molecule has 0 radical (unpaired) electrons. The van der Waals surface area contributed by atoms with Gasteiger partial charge < -0.3 is 4.74 Å². The van der Waals surface area contributed by atoms with Crippen LogP contribution in [-0.2, 0) is 0 Å². The Labute approximate surface area is 131 Å². The van der Waals surface area contributed by atoms with E-state index in [4.69, 9.17) is 16.3 Å². The molecule has 0 N–H and O–H groups in total. The standard InChI is InChI=1S/C16H11BrClNO/c1-20-15-8-7-12(9-14(15)17)16(18)13(10-19)11-5-3-2-4-6-11/h2-9H,1H3.